The van der Waals surface area contributed by atoms with Gasteiger partial charge in [0, 0.05) is 18.3 Å². The quantitative estimate of drug-likeness (QED) is 0.819. The zero-order valence-electron chi connectivity index (χ0n) is 12.8. The van der Waals surface area contributed by atoms with Crippen molar-refractivity contribution in [2.45, 2.75) is 46.1 Å². The molecule has 0 amide bonds. The molecule has 0 aliphatic rings. The van der Waals surface area contributed by atoms with Crippen molar-refractivity contribution < 1.29 is 0 Å². The predicted octanol–water partition coefficient (Wildman–Crippen LogP) is 4.08. The molecule has 2 rings (SSSR count). The van der Waals surface area contributed by atoms with Crippen LogP contribution in [-0.4, -0.2) is 4.57 Å². The van der Waals surface area contributed by atoms with Gasteiger partial charge in [-0.2, -0.15) is 0 Å². The van der Waals surface area contributed by atoms with Crippen LogP contribution in [-0.2, 0) is 6.42 Å². The Morgan fingerprint density at radius 1 is 1.05 bits per heavy atom. The van der Waals surface area contributed by atoms with E-state index in [0.717, 1.165) is 12.0 Å². The Morgan fingerprint density at radius 3 is 2.25 bits per heavy atom. The van der Waals surface area contributed by atoms with Gasteiger partial charge in [-0.3, -0.25) is 4.79 Å². The number of hydrogen-bond acceptors (Lipinski definition) is 1. The summed E-state index contributed by atoms with van der Waals surface area (Å²) in [6, 6.07) is 12.7. The van der Waals surface area contributed by atoms with Crippen LogP contribution in [0.4, 0.5) is 0 Å². The van der Waals surface area contributed by atoms with Crippen molar-refractivity contribution in [3.63, 3.8) is 0 Å². The number of benzene rings is 1. The first-order valence-electron chi connectivity index (χ1n) is 7.25. The lowest BCUT2D eigenvalue weighted by atomic mass is 9.93. The molecule has 0 fully saturated rings. The van der Waals surface area contributed by atoms with E-state index >= 15 is 0 Å². The molecule has 0 bridgehead atoms. The predicted molar refractivity (Wildman–Crippen MR) is 84.4 cm³/mol. The maximum absolute atomic E-state index is 12.0. The second-order valence-corrected chi connectivity index (χ2v) is 5.89. The monoisotopic (exact) mass is 269 g/mol. The third-order valence-electron chi connectivity index (χ3n) is 3.76. The summed E-state index contributed by atoms with van der Waals surface area (Å²) >= 11 is 0. The minimum Gasteiger partial charge on any atom is -0.313 e. The van der Waals surface area contributed by atoms with Crippen LogP contribution >= 0.6 is 0 Å². The number of nitrogens with zero attached hydrogens (tertiary/aromatic N) is 1. The first-order chi connectivity index (χ1) is 9.47. The van der Waals surface area contributed by atoms with E-state index in [2.05, 4.69) is 44.2 Å². The van der Waals surface area contributed by atoms with Gasteiger partial charge in [0.25, 0.3) is 5.56 Å². The molecule has 106 valence electrons. The van der Waals surface area contributed by atoms with Crippen LogP contribution in [0.25, 0.3) is 0 Å². The fourth-order valence-electron chi connectivity index (χ4n) is 2.45. The number of aromatic nitrogens is 1. The van der Waals surface area contributed by atoms with Crippen LogP contribution in [0.5, 0.6) is 0 Å². The van der Waals surface area contributed by atoms with E-state index in [0.29, 0.717) is 5.92 Å². The average Bonchev–Trinajstić information content (AvgIpc) is 2.39. The van der Waals surface area contributed by atoms with E-state index < -0.39 is 0 Å². The molecule has 0 saturated carbocycles. The van der Waals surface area contributed by atoms with Gasteiger partial charge in [-0.05, 0) is 50.3 Å². The summed E-state index contributed by atoms with van der Waals surface area (Å²) in [6.45, 7) is 8.35. The normalized spacial score (nSPS) is 12.7. The highest BCUT2D eigenvalue weighted by molar-refractivity contribution is 5.26. The van der Waals surface area contributed by atoms with Gasteiger partial charge in [0.1, 0.15) is 0 Å². The second kappa shape index (κ2) is 6.08. The van der Waals surface area contributed by atoms with Crippen molar-refractivity contribution in [2.24, 2.45) is 0 Å². The van der Waals surface area contributed by atoms with Crippen LogP contribution < -0.4 is 5.56 Å². The van der Waals surface area contributed by atoms with Gasteiger partial charge >= 0.3 is 0 Å². The van der Waals surface area contributed by atoms with Crippen molar-refractivity contribution >= 4 is 0 Å². The van der Waals surface area contributed by atoms with E-state index in [4.69, 9.17) is 0 Å². The first kappa shape index (κ1) is 14.6. The van der Waals surface area contributed by atoms with Gasteiger partial charge in [0.2, 0.25) is 0 Å². The molecule has 2 heteroatoms. The van der Waals surface area contributed by atoms with Crippen molar-refractivity contribution in [3.05, 3.63) is 69.6 Å². The maximum Gasteiger partial charge on any atom is 0.251 e. The molecular formula is C18H23NO. The molecule has 0 saturated heterocycles. The number of aryl methyl sites for hydroxylation is 1. The molecule has 2 aromatic rings. The summed E-state index contributed by atoms with van der Waals surface area (Å²) in [7, 11) is 0. The largest absolute Gasteiger partial charge is 0.313 e. The Kier molecular flexibility index (Phi) is 4.43. The van der Waals surface area contributed by atoms with Gasteiger partial charge in [0.05, 0.1) is 0 Å². The molecule has 1 aromatic carbocycles. The molecular weight excluding hydrogens is 246 g/mol. The molecule has 0 spiro atoms. The van der Waals surface area contributed by atoms with Crippen molar-refractivity contribution in [1.82, 2.24) is 4.57 Å². The first-order valence-corrected chi connectivity index (χ1v) is 7.25. The molecule has 0 aliphatic carbocycles. The van der Waals surface area contributed by atoms with Crippen LogP contribution in [0.3, 0.4) is 0 Å². The molecule has 1 aromatic heterocycles. The Balaban J connectivity index is 2.16. The third-order valence-corrected chi connectivity index (χ3v) is 3.76. The Bertz CT molecular complexity index is 623. The topological polar surface area (TPSA) is 22.0 Å². The van der Waals surface area contributed by atoms with E-state index in [-0.39, 0.29) is 11.6 Å². The minimum atomic E-state index is 0.0913. The van der Waals surface area contributed by atoms with E-state index in [1.807, 2.05) is 20.0 Å². The van der Waals surface area contributed by atoms with Gasteiger partial charge in [-0.1, -0.05) is 36.8 Å². The highest BCUT2D eigenvalue weighted by Crippen LogP contribution is 2.20. The summed E-state index contributed by atoms with van der Waals surface area (Å²) < 4.78 is 1.76. The molecule has 0 aliphatic heterocycles. The van der Waals surface area contributed by atoms with Gasteiger partial charge in [-0.25, -0.2) is 0 Å². The smallest absolute Gasteiger partial charge is 0.251 e. The SMILES string of the molecule is Cc1ccc(C(C)Cc2ccn(C(C)C)c(=O)c2)cc1. The molecule has 1 atom stereocenters. The lowest BCUT2D eigenvalue weighted by Gasteiger charge is -2.14. The summed E-state index contributed by atoms with van der Waals surface area (Å²) in [5, 5.41) is 0. The lowest BCUT2D eigenvalue weighted by Crippen LogP contribution is -2.21. The van der Waals surface area contributed by atoms with E-state index in [9.17, 15) is 4.79 Å². The van der Waals surface area contributed by atoms with Gasteiger partial charge in [0.15, 0.2) is 0 Å². The van der Waals surface area contributed by atoms with E-state index in [1.54, 1.807) is 10.6 Å². The zero-order valence-corrected chi connectivity index (χ0v) is 12.8. The van der Waals surface area contributed by atoms with Crippen LogP contribution in [0.1, 0.15) is 49.4 Å². The van der Waals surface area contributed by atoms with Crippen molar-refractivity contribution in [3.8, 4) is 0 Å². The Hall–Kier alpha value is -1.83. The lowest BCUT2D eigenvalue weighted by molar-refractivity contribution is 0.576. The summed E-state index contributed by atoms with van der Waals surface area (Å²) in [5.74, 6) is 0.421. The van der Waals surface area contributed by atoms with Gasteiger partial charge < -0.3 is 4.57 Å². The Morgan fingerprint density at radius 2 is 1.70 bits per heavy atom. The highest BCUT2D eigenvalue weighted by atomic mass is 16.1. The summed E-state index contributed by atoms with van der Waals surface area (Å²) in [6.07, 6.45) is 2.81. The summed E-state index contributed by atoms with van der Waals surface area (Å²) in [5.41, 5.74) is 3.80. The fourth-order valence-corrected chi connectivity index (χ4v) is 2.45. The van der Waals surface area contributed by atoms with Crippen LogP contribution in [0.2, 0.25) is 0 Å². The molecule has 20 heavy (non-hydrogen) atoms. The number of rotatable bonds is 4. The molecule has 1 heterocycles. The zero-order chi connectivity index (χ0) is 14.7. The standard InChI is InChI=1S/C18H23NO/c1-13(2)19-10-9-16(12-18(19)20)11-15(4)17-7-5-14(3)6-8-17/h5-10,12-13,15H,11H2,1-4H3. The third kappa shape index (κ3) is 3.38. The minimum absolute atomic E-state index is 0.0913. The molecule has 0 N–H and O–H groups in total. The number of hydrogen-bond donors (Lipinski definition) is 0. The van der Waals surface area contributed by atoms with Crippen molar-refractivity contribution in [1.29, 1.82) is 0 Å². The molecule has 1 unspecified atom stereocenters. The highest BCUT2D eigenvalue weighted by Gasteiger charge is 2.08. The van der Waals surface area contributed by atoms with Crippen LogP contribution in [0.15, 0.2) is 47.4 Å². The van der Waals surface area contributed by atoms with Crippen molar-refractivity contribution in [2.75, 3.05) is 0 Å². The summed E-state index contributed by atoms with van der Waals surface area (Å²) in [4.78, 5) is 12.0. The average molecular weight is 269 g/mol. The Labute approximate surface area is 121 Å². The van der Waals surface area contributed by atoms with Crippen LogP contribution in [0, 0.1) is 6.92 Å². The molecule has 0 radical (unpaired) electrons. The van der Waals surface area contributed by atoms with E-state index in [1.165, 1.54) is 11.1 Å². The number of pyridine rings is 1. The maximum atomic E-state index is 12.0. The molecule has 2 nitrogen and oxygen atoms in total. The second-order valence-electron chi connectivity index (χ2n) is 5.89. The van der Waals surface area contributed by atoms with Gasteiger partial charge in [-0.15, -0.1) is 0 Å². The fraction of sp³-hybridized carbons (Fsp3) is 0.389.